The second kappa shape index (κ2) is 6.64. The summed E-state index contributed by atoms with van der Waals surface area (Å²) in [5.41, 5.74) is 0.913. The molecule has 0 radical (unpaired) electrons. The number of aromatic nitrogens is 3. The third-order valence-electron chi connectivity index (χ3n) is 3.42. The Morgan fingerprint density at radius 3 is 2.04 bits per heavy atom. The average Bonchev–Trinajstić information content (AvgIpc) is 3.08. The lowest BCUT2D eigenvalue weighted by Gasteiger charge is -2.25. The molecule has 0 unspecified atom stereocenters. The lowest BCUT2D eigenvalue weighted by atomic mass is 10.1. The van der Waals surface area contributed by atoms with Gasteiger partial charge in [0.05, 0.1) is 17.8 Å². The van der Waals surface area contributed by atoms with E-state index in [1.165, 1.54) is 24.8 Å². The summed E-state index contributed by atoms with van der Waals surface area (Å²) in [5.74, 6) is 0. The fourth-order valence-corrected chi connectivity index (χ4v) is 2.48. The summed E-state index contributed by atoms with van der Waals surface area (Å²) in [5, 5.41) is 9.31. The molecule has 0 saturated heterocycles. The molecule has 2 aromatic carbocycles. The van der Waals surface area contributed by atoms with Gasteiger partial charge in [-0.15, -0.1) is 10.2 Å². The Hall–Kier alpha value is -2.35. The average molecular weight is 397 g/mol. The van der Waals surface area contributed by atoms with Gasteiger partial charge in [-0.05, 0) is 42.0 Å². The largest absolute Gasteiger partial charge is 0.416 e. The Balaban J connectivity index is 1.92. The molecule has 0 saturated carbocycles. The van der Waals surface area contributed by atoms with Crippen molar-refractivity contribution in [3.05, 3.63) is 76.8 Å². The maximum Gasteiger partial charge on any atom is 0.416 e. The van der Waals surface area contributed by atoms with Crippen LogP contribution in [0.25, 0.3) is 0 Å². The lowest BCUT2D eigenvalue weighted by Crippen LogP contribution is -2.27. The number of halogens is 4. The molecule has 0 aliphatic carbocycles. The highest BCUT2D eigenvalue weighted by molar-refractivity contribution is 9.10. The van der Waals surface area contributed by atoms with E-state index in [2.05, 4.69) is 26.1 Å². The zero-order valence-electron chi connectivity index (χ0n) is 12.3. The van der Waals surface area contributed by atoms with Crippen LogP contribution in [-0.2, 0) is 12.7 Å². The van der Waals surface area contributed by atoms with Crippen LogP contribution in [0.3, 0.4) is 0 Å². The normalized spacial score (nSPS) is 11.5. The number of hydrogen-bond acceptors (Lipinski definition) is 3. The van der Waals surface area contributed by atoms with Gasteiger partial charge in [-0.25, -0.2) is 4.68 Å². The van der Waals surface area contributed by atoms with Crippen molar-refractivity contribution in [1.29, 1.82) is 0 Å². The summed E-state index contributed by atoms with van der Waals surface area (Å²) in [6.45, 7) is 0.455. The molecule has 8 heteroatoms. The number of alkyl halides is 3. The van der Waals surface area contributed by atoms with E-state index in [9.17, 15) is 13.2 Å². The van der Waals surface area contributed by atoms with E-state index in [4.69, 9.17) is 0 Å². The van der Waals surface area contributed by atoms with Crippen molar-refractivity contribution in [3.8, 4) is 0 Å². The molecule has 0 aliphatic rings. The second-order valence-electron chi connectivity index (χ2n) is 5.07. The predicted octanol–water partition coefficient (Wildman–Crippen LogP) is 4.53. The monoisotopic (exact) mass is 396 g/mol. The molecule has 4 nitrogen and oxygen atoms in total. The van der Waals surface area contributed by atoms with E-state index in [1.54, 1.807) is 9.69 Å². The minimum atomic E-state index is -4.36. The highest BCUT2D eigenvalue weighted by Gasteiger charge is 2.30. The maximum absolute atomic E-state index is 12.7. The van der Waals surface area contributed by atoms with E-state index < -0.39 is 11.7 Å². The van der Waals surface area contributed by atoms with Crippen LogP contribution in [0.5, 0.6) is 0 Å². The van der Waals surface area contributed by atoms with Crippen LogP contribution in [-0.4, -0.2) is 14.9 Å². The molecule has 0 N–H and O–H groups in total. The Kier molecular flexibility index (Phi) is 4.57. The second-order valence-corrected chi connectivity index (χ2v) is 5.99. The quantitative estimate of drug-likeness (QED) is 0.649. The summed E-state index contributed by atoms with van der Waals surface area (Å²) in [6, 6.07) is 12.7. The molecule has 0 fully saturated rings. The third-order valence-corrected chi connectivity index (χ3v) is 3.95. The van der Waals surface area contributed by atoms with Crippen LogP contribution >= 0.6 is 15.9 Å². The number of anilines is 1. The highest BCUT2D eigenvalue weighted by atomic mass is 79.9. The first kappa shape index (κ1) is 16.5. The smallest absolute Gasteiger partial charge is 0.275 e. The van der Waals surface area contributed by atoms with Crippen molar-refractivity contribution < 1.29 is 13.2 Å². The van der Waals surface area contributed by atoms with Crippen LogP contribution in [0.2, 0.25) is 0 Å². The predicted molar refractivity (Wildman–Crippen MR) is 87.2 cm³/mol. The Labute approximate surface area is 144 Å². The van der Waals surface area contributed by atoms with Crippen molar-refractivity contribution in [2.75, 3.05) is 5.01 Å². The van der Waals surface area contributed by atoms with Crippen molar-refractivity contribution in [1.82, 2.24) is 14.9 Å². The molecule has 0 aliphatic heterocycles. The van der Waals surface area contributed by atoms with Gasteiger partial charge in [0.15, 0.2) is 0 Å². The molecule has 124 valence electrons. The highest BCUT2D eigenvalue weighted by Crippen LogP contribution is 2.31. The fourth-order valence-electron chi connectivity index (χ4n) is 2.21. The fraction of sp³-hybridized carbons (Fsp3) is 0.125. The van der Waals surface area contributed by atoms with Crippen LogP contribution in [0.15, 0.2) is 65.7 Å². The molecule has 0 amide bonds. The number of rotatable bonds is 4. The third kappa shape index (κ3) is 3.76. The zero-order chi connectivity index (χ0) is 17.2. The van der Waals surface area contributed by atoms with Crippen molar-refractivity contribution in [2.45, 2.75) is 12.7 Å². The molecular formula is C16H12BrF3N4. The molecular weight excluding hydrogens is 385 g/mol. The van der Waals surface area contributed by atoms with Gasteiger partial charge in [0.2, 0.25) is 0 Å². The molecule has 1 heterocycles. The van der Waals surface area contributed by atoms with Crippen LogP contribution in [0.4, 0.5) is 18.9 Å². The molecule has 24 heavy (non-hydrogen) atoms. The SMILES string of the molecule is FC(F)(F)c1ccc(N(Cc2ccc(Br)cc2)n2cnnc2)cc1. The van der Waals surface area contributed by atoms with E-state index >= 15 is 0 Å². The van der Waals surface area contributed by atoms with Crippen molar-refractivity contribution in [3.63, 3.8) is 0 Å². The summed E-state index contributed by atoms with van der Waals surface area (Å²) in [6.07, 6.45) is -1.36. The van der Waals surface area contributed by atoms with Crippen LogP contribution < -0.4 is 5.01 Å². The molecule has 3 rings (SSSR count). The minimum Gasteiger partial charge on any atom is -0.275 e. The first-order valence-corrected chi connectivity index (χ1v) is 7.77. The van der Waals surface area contributed by atoms with E-state index in [0.717, 1.165) is 22.2 Å². The van der Waals surface area contributed by atoms with Crippen molar-refractivity contribution in [2.24, 2.45) is 0 Å². The van der Waals surface area contributed by atoms with Crippen LogP contribution in [0.1, 0.15) is 11.1 Å². The summed E-state index contributed by atoms with van der Waals surface area (Å²) >= 11 is 3.38. The van der Waals surface area contributed by atoms with E-state index in [-0.39, 0.29) is 0 Å². The molecule has 3 aromatic rings. The topological polar surface area (TPSA) is 34.0 Å². The molecule has 0 bridgehead atoms. The Morgan fingerprint density at radius 2 is 1.50 bits per heavy atom. The summed E-state index contributed by atoms with van der Waals surface area (Å²) < 4.78 is 40.8. The van der Waals surface area contributed by atoms with Gasteiger partial charge in [-0.2, -0.15) is 13.2 Å². The molecule has 0 spiro atoms. The summed E-state index contributed by atoms with van der Waals surface area (Å²) in [7, 11) is 0. The van der Waals surface area contributed by atoms with E-state index in [0.29, 0.717) is 12.2 Å². The van der Waals surface area contributed by atoms with Gasteiger partial charge in [0.25, 0.3) is 0 Å². The van der Waals surface area contributed by atoms with Gasteiger partial charge in [0, 0.05) is 4.47 Å². The maximum atomic E-state index is 12.7. The van der Waals surface area contributed by atoms with Gasteiger partial charge >= 0.3 is 6.18 Å². The standard InChI is InChI=1S/C16H12BrF3N4/c17-14-5-1-12(2-6-14)9-24(23-10-21-22-11-23)15-7-3-13(4-8-15)16(18,19)20/h1-8,10-11H,9H2. The lowest BCUT2D eigenvalue weighted by molar-refractivity contribution is -0.137. The van der Waals surface area contributed by atoms with E-state index in [1.807, 2.05) is 24.3 Å². The Bertz CT molecular complexity index is 784. The van der Waals surface area contributed by atoms with Crippen molar-refractivity contribution >= 4 is 21.6 Å². The van der Waals surface area contributed by atoms with Crippen LogP contribution in [0, 0.1) is 0 Å². The zero-order valence-corrected chi connectivity index (χ0v) is 13.9. The number of nitrogens with zero attached hydrogens (tertiary/aromatic N) is 4. The molecule has 0 atom stereocenters. The number of hydrogen-bond donors (Lipinski definition) is 0. The van der Waals surface area contributed by atoms with Gasteiger partial charge < -0.3 is 0 Å². The number of benzene rings is 2. The molecule has 1 aromatic heterocycles. The first-order chi connectivity index (χ1) is 11.4. The minimum absolute atomic E-state index is 0.455. The summed E-state index contributed by atoms with van der Waals surface area (Å²) in [4.78, 5) is 0. The Morgan fingerprint density at radius 1 is 0.917 bits per heavy atom. The van der Waals surface area contributed by atoms with Gasteiger partial charge in [-0.1, -0.05) is 28.1 Å². The van der Waals surface area contributed by atoms with Gasteiger partial charge in [-0.3, -0.25) is 5.01 Å². The first-order valence-electron chi connectivity index (χ1n) is 6.97. The van der Waals surface area contributed by atoms with Gasteiger partial charge in [0.1, 0.15) is 12.7 Å².